The molecule has 32 heavy (non-hydrogen) atoms. The molecule has 1 N–H and O–H groups in total. The molecule has 5 nitrogen and oxygen atoms in total. The van der Waals surface area contributed by atoms with Crippen molar-refractivity contribution in [1.82, 2.24) is 4.98 Å². The molecule has 1 unspecified atom stereocenters. The summed E-state index contributed by atoms with van der Waals surface area (Å²) in [5.74, 6) is 1.44. The predicted molar refractivity (Wildman–Crippen MR) is 130 cm³/mol. The third-order valence-corrected chi connectivity index (χ3v) is 5.95. The van der Waals surface area contributed by atoms with E-state index in [2.05, 4.69) is 17.5 Å². The Morgan fingerprint density at radius 2 is 1.81 bits per heavy atom. The summed E-state index contributed by atoms with van der Waals surface area (Å²) in [5.41, 5.74) is 3.53. The zero-order chi connectivity index (χ0) is 22.5. The number of ether oxygens (including phenoxy) is 2. The number of anilines is 1. The normalized spacial score (nSPS) is 11.8. The molecule has 0 saturated carbocycles. The van der Waals surface area contributed by atoms with Gasteiger partial charge < -0.3 is 14.8 Å². The van der Waals surface area contributed by atoms with E-state index in [4.69, 9.17) is 19.7 Å². The first kappa shape index (κ1) is 21.7. The summed E-state index contributed by atoms with van der Waals surface area (Å²) < 4.78 is 13.0. The van der Waals surface area contributed by atoms with Crippen LogP contribution in [0.2, 0.25) is 0 Å². The monoisotopic (exact) mass is 443 g/mol. The van der Waals surface area contributed by atoms with Gasteiger partial charge in [-0.2, -0.15) is 5.26 Å². The smallest absolute Gasteiger partial charge is 0.161 e. The van der Waals surface area contributed by atoms with Gasteiger partial charge in [0.05, 0.1) is 34.6 Å². The summed E-state index contributed by atoms with van der Waals surface area (Å²) in [5, 5.41) is 13.7. The number of aromatic nitrogens is 1. The lowest BCUT2D eigenvalue weighted by Crippen LogP contribution is -2.13. The number of hydrogen-bond donors (Lipinski definition) is 1. The van der Waals surface area contributed by atoms with Crippen LogP contribution < -0.4 is 14.8 Å². The van der Waals surface area contributed by atoms with Gasteiger partial charge in [-0.1, -0.05) is 18.2 Å². The number of nitrogens with one attached hydrogen (secondary N) is 1. The van der Waals surface area contributed by atoms with E-state index in [0.29, 0.717) is 17.9 Å². The Morgan fingerprint density at radius 3 is 2.50 bits per heavy atom. The van der Waals surface area contributed by atoms with Crippen molar-refractivity contribution in [2.45, 2.75) is 32.9 Å². The molecule has 0 aliphatic rings. The summed E-state index contributed by atoms with van der Waals surface area (Å²) in [6.45, 7) is 6.51. The average molecular weight is 444 g/mol. The summed E-state index contributed by atoms with van der Waals surface area (Å²) in [4.78, 5) is 4.90. The van der Waals surface area contributed by atoms with Gasteiger partial charge >= 0.3 is 0 Å². The van der Waals surface area contributed by atoms with E-state index in [1.54, 1.807) is 11.3 Å². The lowest BCUT2D eigenvalue weighted by Gasteiger charge is -2.21. The van der Waals surface area contributed by atoms with Crippen LogP contribution in [0.3, 0.4) is 0 Å². The first-order valence-electron chi connectivity index (χ1n) is 10.6. The maximum atomic E-state index is 9.11. The molecule has 0 fully saturated rings. The van der Waals surface area contributed by atoms with E-state index in [1.165, 1.54) is 0 Å². The second-order valence-corrected chi connectivity index (χ2v) is 8.65. The average Bonchev–Trinajstić information content (AvgIpc) is 3.23. The van der Waals surface area contributed by atoms with Gasteiger partial charge in [-0.15, -0.1) is 11.3 Å². The second-order valence-electron chi connectivity index (χ2n) is 7.59. The maximum Gasteiger partial charge on any atom is 0.161 e. The molecule has 0 aliphatic carbocycles. The molecule has 0 radical (unpaired) electrons. The molecule has 4 aromatic rings. The highest BCUT2D eigenvalue weighted by Gasteiger charge is 2.21. The molecule has 0 amide bonds. The van der Waals surface area contributed by atoms with Gasteiger partial charge in [0.2, 0.25) is 0 Å². The fourth-order valence-electron chi connectivity index (χ4n) is 3.43. The first-order valence-corrected chi connectivity index (χ1v) is 11.4. The molecular formula is C26H25N3O2S. The number of thiazole rings is 1. The van der Waals surface area contributed by atoms with E-state index in [1.807, 2.05) is 81.4 Å². The molecule has 6 heteroatoms. The van der Waals surface area contributed by atoms with Crippen molar-refractivity contribution in [2.75, 3.05) is 11.9 Å². The highest BCUT2D eigenvalue weighted by Crippen LogP contribution is 2.37. The van der Waals surface area contributed by atoms with Gasteiger partial charge in [0.1, 0.15) is 11.0 Å². The summed E-state index contributed by atoms with van der Waals surface area (Å²) >= 11 is 1.66. The van der Waals surface area contributed by atoms with Crippen molar-refractivity contribution in [3.63, 3.8) is 0 Å². The van der Waals surface area contributed by atoms with Crippen LogP contribution in [0, 0.1) is 11.3 Å². The van der Waals surface area contributed by atoms with Crippen molar-refractivity contribution in [1.29, 1.82) is 5.26 Å². The van der Waals surface area contributed by atoms with Crippen LogP contribution in [0.25, 0.3) is 10.2 Å². The largest absolute Gasteiger partial charge is 0.490 e. The Balaban J connectivity index is 1.77. The van der Waals surface area contributed by atoms with E-state index >= 15 is 0 Å². The van der Waals surface area contributed by atoms with Crippen LogP contribution in [0.15, 0.2) is 66.7 Å². The van der Waals surface area contributed by atoms with Crippen LogP contribution in [0.5, 0.6) is 11.5 Å². The minimum atomic E-state index is -0.187. The molecular weight excluding hydrogens is 418 g/mol. The topological polar surface area (TPSA) is 67.2 Å². The number of rotatable bonds is 8. The van der Waals surface area contributed by atoms with Crippen molar-refractivity contribution in [2.24, 2.45) is 0 Å². The Labute approximate surface area is 192 Å². The molecule has 1 heterocycles. The number of fused-ring (bicyclic) bond motifs is 1. The lowest BCUT2D eigenvalue weighted by atomic mass is 10.1. The molecule has 0 spiro atoms. The minimum absolute atomic E-state index is 0.0527. The van der Waals surface area contributed by atoms with Crippen molar-refractivity contribution in [3.8, 4) is 17.6 Å². The predicted octanol–water partition coefficient (Wildman–Crippen LogP) is 6.56. The first-order chi connectivity index (χ1) is 15.6. The number of para-hydroxylation sites is 1. The zero-order valence-electron chi connectivity index (χ0n) is 18.3. The highest BCUT2D eigenvalue weighted by atomic mass is 32.1. The van der Waals surface area contributed by atoms with Gasteiger partial charge in [-0.25, -0.2) is 4.98 Å². The van der Waals surface area contributed by atoms with Crippen LogP contribution in [0.4, 0.5) is 5.69 Å². The van der Waals surface area contributed by atoms with E-state index in [0.717, 1.165) is 32.2 Å². The number of hydrogen-bond acceptors (Lipinski definition) is 6. The Morgan fingerprint density at radius 1 is 1.03 bits per heavy atom. The third-order valence-electron chi connectivity index (χ3n) is 4.85. The Hall–Kier alpha value is -3.56. The summed E-state index contributed by atoms with van der Waals surface area (Å²) in [6.07, 6.45) is 0.0527. The van der Waals surface area contributed by atoms with Gasteiger partial charge in [0, 0.05) is 5.69 Å². The lowest BCUT2D eigenvalue weighted by molar-refractivity contribution is 0.223. The summed E-state index contributed by atoms with van der Waals surface area (Å²) in [6, 6.07) is 23.6. The summed E-state index contributed by atoms with van der Waals surface area (Å²) in [7, 11) is 0. The van der Waals surface area contributed by atoms with Crippen LogP contribution in [-0.2, 0) is 0 Å². The third kappa shape index (κ3) is 4.84. The molecule has 1 atom stereocenters. The van der Waals surface area contributed by atoms with Crippen molar-refractivity contribution >= 4 is 27.2 Å². The molecule has 4 rings (SSSR count). The van der Waals surface area contributed by atoms with Crippen molar-refractivity contribution < 1.29 is 9.47 Å². The van der Waals surface area contributed by atoms with Crippen LogP contribution in [-0.4, -0.2) is 17.7 Å². The van der Waals surface area contributed by atoms with Gasteiger partial charge in [0.25, 0.3) is 0 Å². The molecule has 3 aromatic carbocycles. The van der Waals surface area contributed by atoms with Crippen LogP contribution >= 0.6 is 11.3 Å². The van der Waals surface area contributed by atoms with Gasteiger partial charge in [-0.05, 0) is 74.9 Å². The second kappa shape index (κ2) is 9.71. The van der Waals surface area contributed by atoms with Crippen molar-refractivity contribution in [3.05, 3.63) is 82.9 Å². The van der Waals surface area contributed by atoms with E-state index in [-0.39, 0.29) is 12.1 Å². The van der Waals surface area contributed by atoms with Gasteiger partial charge in [0.15, 0.2) is 11.5 Å². The highest BCUT2D eigenvalue weighted by molar-refractivity contribution is 7.18. The standard InChI is InChI=1S/C26H25N3O2S/c1-4-30-23-15-19(11-14-22(23)31-17(2)3)25(28-20-12-9-18(16-27)10-13-20)26-29-21-7-5-6-8-24(21)32-26/h5-15,17,25,28H,4H2,1-3H3. The molecule has 162 valence electrons. The number of benzene rings is 3. The van der Waals surface area contributed by atoms with Gasteiger partial charge in [-0.3, -0.25) is 0 Å². The quantitative estimate of drug-likeness (QED) is 0.334. The minimum Gasteiger partial charge on any atom is -0.490 e. The fraction of sp³-hybridized carbons (Fsp3) is 0.231. The molecule has 1 aromatic heterocycles. The number of nitriles is 1. The Kier molecular flexibility index (Phi) is 6.58. The maximum absolute atomic E-state index is 9.11. The fourth-order valence-corrected chi connectivity index (χ4v) is 4.48. The number of nitrogens with zero attached hydrogens (tertiary/aromatic N) is 2. The zero-order valence-corrected chi connectivity index (χ0v) is 19.1. The van der Waals surface area contributed by atoms with E-state index in [9.17, 15) is 0 Å². The molecule has 0 bridgehead atoms. The SMILES string of the molecule is CCOc1cc(C(Nc2ccc(C#N)cc2)c2nc3ccccc3s2)ccc1OC(C)C. The molecule has 0 aliphatic heterocycles. The van der Waals surface area contributed by atoms with Crippen LogP contribution in [0.1, 0.15) is 42.9 Å². The Bertz CT molecular complexity index is 1210. The van der Waals surface area contributed by atoms with E-state index < -0.39 is 0 Å². The molecule has 0 saturated heterocycles.